The summed E-state index contributed by atoms with van der Waals surface area (Å²) in [4.78, 5) is 12.3. The van der Waals surface area contributed by atoms with Crippen LogP contribution in [0, 0.1) is 23.2 Å². The van der Waals surface area contributed by atoms with E-state index in [1.807, 2.05) is 12.1 Å². The fraction of sp³-hybridized carbons (Fsp3) is 0.688. The van der Waals surface area contributed by atoms with Crippen molar-refractivity contribution in [1.29, 1.82) is 0 Å². The summed E-state index contributed by atoms with van der Waals surface area (Å²) in [6.07, 6.45) is 10.5. The maximum atomic E-state index is 12.3. The summed E-state index contributed by atoms with van der Waals surface area (Å²) in [5.74, 6) is 3.54. The minimum atomic E-state index is 0.224. The molecule has 0 saturated heterocycles. The van der Waals surface area contributed by atoms with Crippen LogP contribution >= 0.6 is 0 Å². The van der Waals surface area contributed by atoms with E-state index in [0.29, 0.717) is 11.2 Å². The summed E-state index contributed by atoms with van der Waals surface area (Å²) in [5, 5.41) is 0. The Kier molecular flexibility index (Phi) is 2.24. The molecule has 1 heterocycles. The Morgan fingerprint density at radius 3 is 2.28 bits per heavy atom. The zero-order valence-corrected chi connectivity index (χ0v) is 10.7. The van der Waals surface area contributed by atoms with Crippen molar-refractivity contribution in [3.63, 3.8) is 0 Å². The van der Waals surface area contributed by atoms with Crippen LogP contribution in [0.25, 0.3) is 0 Å². The molecule has 1 aromatic rings. The van der Waals surface area contributed by atoms with Crippen molar-refractivity contribution >= 4 is 5.78 Å². The molecular weight excluding hydrogens is 224 g/mol. The Morgan fingerprint density at radius 1 is 1.17 bits per heavy atom. The third kappa shape index (κ3) is 1.65. The highest BCUT2D eigenvalue weighted by Crippen LogP contribution is 2.61. The minimum Gasteiger partial charge on any atom is -0.461 e. The van der Waals surface area contributed by atoms with E-state index >= 15 is 0 Å². The van der Waals surface area contributed by atoms with E-state index in [4.69, 9.17) is 4.42 Å². The summed E-state index contributed by atoms with van der Waals surface area (Å²) in [7, 11) is 0. The van der Waals surface area contributed by atoms with E-state index in [1.165, 1.54) is 38.5 Å². The van der Waals surface area contributed by atoms with Gasteiger partial charge in [-0.3, -0.25) is 4.79 Å². The van der Waals surface area contributed by atoms with Crippen LogP contribution in [0.15, 0.2) is 22.8 Å². The fourth-order valence-corrected chi connectivity index (χ4v) is 5.37. The molecule has 0 unspecified atom stereocenters. The van der Waals surface area contributed by atoms with Crippen LogP contribution in [0.5, 0.6) is 0 Å². The minimum absolute atomic E-state index is 0.224. The van der Waals surface area contributed by atoms with Gasteiger partial charge in [-0.1, -0.05) is 0 Å². The van der Waals surface area contributed by atoms with Gasteiger partial charge in [-0.2, -0.15) is 0 Å². The monoisotopic (exact) mass is 244 g/mol. The van der Waals surface area contributed by atoms with Crippen molar-refractivity contribution in [2.75, 3.05) is 0 Å². The first-order valence-electron chi connectivity index (χ1n) is 7.29. The maximum Gasteiger partial charge on any atom is 0.198 e. The van der Waals surface area contributed by atoms with Gasteiger partial charge >= 0.3 is 0 Å². The molecule has 0 amide bonds. The van der Waals surface area contributed by atoms with E-state index in [-0.39, 0.29) is 5.78 Å². The van der Waals surface area contributed by atoms with E-state index in [9.17, 15) is 4.79 Å². The molecule has 4 aliphatic carbocycles. The molecule has 1 aromatic heterocycles. The number of carbonyl (C=O) groups is 1. The Bertz CT molecular complexity index is 422. The second-order valence-corrected chi connectivity index (χ2v) is 6.99. The largest absolute Gasteiger partial charge is 0.461 e. The molecule has 0 radical (unpaired) electrons. The predicted molar refractivity (Wildman–Crippen MR) is 68.3 cm³/mol. The lowest BCUT2D eigenvalue weighted by atomic mass is 9.48. The summed E-state index contributed by atoms with van der Waals surface area (Å²) in [6, 6.07) is 3.62. The van der Waals surface area contributed by atoms with Crippen molar-refractivity contribution in [1.82, 2.24) is 0 Å². The summed E-state index contributed by atoms with van der Waals surface area (Å²) >= 11 is 0. The molecular formula is C16H20O2. The third-order valence-electron chi connectivity index (χ3n) is 5.50. The number of furan rings is 1. The lowest BCUT2D eigenvalue weighted by molar-refractivity contribution is -0.0526. The maximum absolute atomic E-state index is 12.3. The van der Waals surface area contributed by atoms with E-state index < -0.39 is 0 Å². The molecule has 0 N–H and O–H groups in total. The van der Waals surface area contributed by atoms with Gasteiger partial charge in [0, 0.05) is 6.42 Å². The van der Waals surface area contributed by atoms with Crippen molar-refractivity contribution in [2.24, 2.45) is 23.2 Å². The number of rotatable bonds is 3. The number of Topliss-reactive ketones (excluding diaryl/α,β-unsaturated/α-hetero) is 1. The van der Waals surface area contributed by atoms with Crippen LogP contribution < -0.4 is 0 Å². The van der Waals surface area contributed by atoms with Crippen LogP contribution in [0.2, 0.25) is 0 Å². The van der Waals surface area contributed by atoms with Crippen LogP contribution in [0.4, 0.5) is 0 Å². The molecule has 0 aromatic carbocycles. The average Bonchev–Trinajstić information content (AvgIpc) is 2.79. The predicted octanol–water partition coefficient (Wildman–Crippen LogP) is 4.07. The van der Waals surface area contributed by atoms with Crippen LogP contribution in [0.1, 0.15) is 55.5 Å². The summed E-state index contributed by atoms with van der Waals surface area (Å²) in [5.41, 5.74) is 0.332. The van der Waals surface area contributed by atoms with Gasteiger partial charge in [0.05, 0.1) is 6.26 Å². The van der Waals surface area contributed by atoms with Gasteiger partial charge in [0.25, 0.3) is 0 Å². The smallest absolute Gasteiger partial charge is 0.198 e. The molecule has 4 fully saturated rings. The topological polar surface area (TPSA) is 30.2 Å². The average molecular weight is 244 g/mol. The molecule has 18 heavy (non-hydrogen) atoms. The number of carbonyl (C=O) groups excluding carboxylic acids is 1. The normalized spacial score (nSPS) is 41.2. The molecule has 5 rings (SSSR count). The highest BCUT2D eigenvalue weighted by atomic mass is 16.3. The molecule has 4 bridgehead atoms. The number of ketones is 1. The van der Waals surface area contributed by atoms with Gasteiger partial charge in [-0.15, -0.1) is 0 Å². The second kappa shape index (κ2) is 3.72. The summed E-state index contributed by atoms with van der Waals surface area (Å²) < 4.78 is 5.26. The molecule has 4 aliphatic rings. The van der Waals surface area contributed by atoms with Gasteiger partial charge in [0.1, 0.15) is 0 Å². The molecule has 0 atom stereocenters. The van der Waals surface area contributed by atoms with Gasteiger partial charge in [0.15, 0.2) is 11.5 Å². The first-order valence-corrected chi connectivity index (χ1v) is 7.29. The molecule has 96 valence electrons. The van der Waals surface area contributed by atoms with Crippen molar-refractivity contribution in [2.45, 2.75) is 44.9 Å². The third-order valence-corrected chi connectivity index (χ3v) is 5.50. The number of hydrogen-bond acceptors (Lipinski definition) is 2. The van der Waals surface area contributed by atoms with Crippen LogP contribution in [-0.2, 0) is 0 Å². The van der Waals surface area contributed by atoms with Crippen molar-refractivity contribution in [3.05, 3.63) is 24.2 Å². The highest BCUT2D eigenvalue weighted by molar-refractivity contribution is 5.93. The zero-order valence-electron chi connectivity index (χ0n) is 10.7. The van der Waals surface area contributed by atoms with Gasteiger partial charge in [0.2, 0.25) is 0 Å². The lowest BCUT2D eigenvalue weighted by Crippen LogP contribution is -2.46. The lowest BCUT2D eigenvalue weighted by Gasteiger charge is -2.56. The van der Waals surface area contributed by atoms with Gasteiger partial charge in [-0.25, -0.2) is 0 Å². The summed E-state index contributed by atoms with van der Waals surface area (Å²) in [6.45, 7) is 0. The molecule has 0 aliphatic heterocycles. The van der Waals surface area contributed by atoms with E-state index in [2.05, 4.69) is 0 Å². The van der Waals surface area contributed by atoms with Crippen LogP contribution in [0.3, 0.4) is 0 Å². The van der Waals surface area contributed by atoms with Gasteiger partial charge in [-0.05, 0) is 73.8 Å². The Morgan fingerprint density at radius 2 is 1.78 bits per heavy atom. The standard InChI is InChI=1S/C16H20O2/c17-14(15-2-1-3-18-15)10-16-7-11-4-12(8-16)6-13(5-11)9-16/h1-3,11-13H,4-10H2. The first-order chi connectivity index (χ1) is 8.72. The highest BCUT2D eigenvalue weighted by Gasteiger charge is 2.51. The fourth-order valence-electron chi connectivity index (χ4n) is 5.37. The number of hydrogen-bond donors (Lipinski definition) is 0. The first kappa shape index (κ1) is 10.8. The molecule has 0 spiro atoms. The quantitative estimate of drug-likeness (QED) is 0.750. The van der Waals surface area contributed by atoms with Gasteiger partial charge < -0.3 is 4.42 Å². The van der Waals surface area contributed by atoms with E-state index in [1.54, 1.807) is 6.26 Å². The Labute approximate surface area is 108 Å². The Balaban J connectivity index is 1.56. The SMILES string of the molecule is O=C(CC12CC3CC(CC(C3)C1)C2)c1ccco1. The second-order valence-electron chi connectivity index (χ2n) is 6.99. The molecule has 2 heteroatoms. The van der Waals surface area contributed by atoms with Crippen molar-refractivity contribution < 1.29 is 9.21 Å². The van der Waals surface area contributed by atoms with Crippen LogP contribution in [-0.4, -0.2) is 5.78 Å². The molecule has 4 saturated carbocycles. The zero-order chi connectivity index (χ0) is 12.2. The van der Waals surface area contributed by atoms with Crippen molar-refractivity contribution in [3.8, 4) is 0 Å². The molecule has 2 nitrogen and oxygen atoms in total. The Hall–Kier alpha value is -1.05. The van der Waals surface area contributed by atoms with E-state index in [0.717, 1.165) is 24.2 Å².